The molecule has 0 aromatic heterocycles. The summed E-state index contributed by atoms with van der Waals surface area (Å²) < 4.78 is 4.91. The van der Waals surface area contributed by atoms with Crippen LogP contribution in [-0.2, 0) is 14.3 Å². The molecule has 0 heterocycles. The average Bonchev–Trinajstić information content (AvgIpc) is 2.12. The molecule has 92 valence electrons. The van der Waals surface area contributed by atoms with Crippen LogP contribution >= 0.6 is 0 Å². The first kappa shape index (κ1) is 14.9. The zero-order valence-electron chi connectivity index (χ0n) is 10.8. The molecule has 0 N–H and O–H groups in total. The maximum absolute atomic E-state index is 11.6. The van der Waals surface area contributed by atoms with Gasteiger partial charge in [-0.1, -0.05) is 32.9 Å². The molecule has 0 aliphatic carbocycles. The summed E-state index contributed by atoms with van der Waals surface area (Å²) in [6.45, 7) is 9.42. The van der Waals surface area contributed by atoms with Gasteiger partial charge in [0, 0.05) is 5.92 Å². The molecule has 0 fully saturated rings. The maximum Gasteiger partial charge on any atom is 0.313 e. The number of hydrogen-bond acceptors (Lipinski definition) is 3. The van der Waals surface area contributed by atoms with Crippen molar-refractivity contribution in [1.29, 1.82) is 0 Å². The van der Waals surface area contributed by atoms with Crippen molar-refractivity contribution in [3.05, 3.63) is 12.2 Å². The Labute approximate surface area is 97.9 Å². The third-order valence-electron chi connectivity index (χ3n) is 1.98. The summed E-state index contributed by atoms with van der Waals surface area (Å²) in [4.78, 5) is 22.8. The predicted molar refractivity (Wildman–Crippen MR) is 64.0 cm³/mol. The van der Waals surface area contributed by atoms with E-state index >= 15 is 0 Å². The van der Waals surface area contributed by atoms with Crippen LogP contribution in [0.25, 0.3) is 0 Å². The average molecular weight is 226 g/mol. The number of Topliss-reactive ketones (excluding diaryl/α,β-unsaturated/α-hetero) is 1. The van der Waals surface area contributed by atoms with E-state index in [4.69, 9.17) is 4.74 Å². The van der Waals surface area contributed by atoms with Crippen molar-refractivity contribution in [3.63, 3.8) is 0 Å². The highest BCUT2D eigenvalue weighted by Gasteiger charge is 2.16. The molecule has 0 saturated heterocycles. The van der Waals surface area contributed by atoms with E-state index in [0.29, 0.717) is 5.92 Å². The second-order valence-corrected chi connectivity index (χ2v) is 4.60. The van der Waals surface area contributed by atoms with Crippen LogP contribution in [0.1, 0.15) is 41.0 Å². The monoisotopic (exact) mass is 226 g/mol. The van der Waals surface area contributed by atoms with E-state index in [9.17, 15) is 9.59 Å². The van der Waals surface area contributed by atoms with Gasteiger partial charge in [0.15, 0.2) is 5.78 Å². The Morgan fingerprint density at radius 3 is 2.06 bits per heavy atom. The predicted octanol–water partition coefficient (Wildman–Crippen LogP) is 2.75. The van der Waals surface area contributed by atoms with Gasteiger partial charge in [-0.3, -0.25) is 9.59 Å². The van der Waals surface area contributed by atoms with Crippen LogP contribution in [0.3, 0.4) is 0 Å². The second kappa shape index (κ2) is 7.20. The third kappa shape index (κ3) is 7.21. The summed E-state index contributed by atoms with van der Waals surface area (Å²) in [5, 5.41) is 0. The van der Waals surface area contributed by atoms with Crippen LogP contribution in [0, 0.1) is 11.8 Å². The molecule has 0 aliphatic heterocycles. The van der Waals surface area contributed by atoms with Crippen molar-refractivity contribution in [2.45, 2.75) is 47.1 Å². The number of rotatable bonds is 6. The Balaban J connectivity index is 4.10. The molecule has 0 aliphatic rings. The Hall–Kier alpha value is -1.12. The lowest BCUT2D eigenvalue weighted by Gasteiger charge is -2.09. The van der Waals surface area contributed by atoms with E-state index in [2.05, 4.69) is 0 Å². The smallest absolute Gasteiger partial charge is 0.313 e. The van der Waals surface area contributed by atoms with Gasteiger partial charge < -0.3 is 4.74 Å². The van der Waals surface area contributed by atoms with Crippen molar-refractivity contribution in [3.8, 4) is 0 Å². The SMILES string of the molecule is CC(C)/C=C\[C@@H](C)C(=O)CC(=O)OC(C)C. The number of ether oxygens (including phenoxy) is 1. The number of carbonyl (C=O) groups excluding carboxylic acids is 2. The Kier molecular flexibility index (Phi) is 6.70. The number of esters is 1. The molecule has 0 aromatic carbocycles. The lowest BCUT2D eigenvalue weighted by Crippen LogP contribution is -2.18. The Bertz CT molecular complexity index is 264. The van der Waals surface area contributed by atoms with E-state index in [-0.39, 0.29) is 24.2 Å². The van der Waals surface area contributed by atoms with Crippen LogP contribution in [0.5, 0.6) is 0 Å². The minimum Gasteiger partial charge on any atom is -0.463 e. The van der Waals surface area contributed by atoms with E-state index in [1.807, 2.05) is 26.0 Å². The number of allylic oxidation sites excluding steroid dienone is 2. The highest BCUT2D eigenvalue weighted by molar-refractivity contribution is 5.97. The van der Waals surface area contributed by atoms with Crippen molar-refractivity contribution in [2.75, 3.05) is 0 Å². The summed E-state index contributed by atoms with van der Waals surface area (Å²) in [6.07, 6.45) is 3.51. The molecule has 0 saturated carbocycles. The first-order chi connectivity index (χ1) is 7.32. The highest BCUT2D eigenvalue weighted by atomic mass is 16.5. The molecule has 0 amide bonds. The molecule has 0 rings (SSSR count). The summed E-state index contributed by atoms with van der Waals surface area (Å²) in [5.41, 5.74) is 0. The summed E-state index contributed by atoms with van der Waals surface area (Å²) in [6, 6.07) is 0. The van der Waals surface area contributed by atoms with Crippen LogP contribution < -0.4 is 0 Å². The highest BCUT2D eigenvalue weighted by Crippen LogP contribution is 2.07. The maximum atomic E-state index is 11.6. The minimum absolute atomic E-state index is 0.0949. The van der Waals surface area contributed by atoms with Crippen LogP contribution in [-0.4, -0.2) is 17.9 Å². The summed E-state index contributed by atoms with van der Waals surface area (Å²) in [5.74, 6) is -0.340. The molecular weight excluding hydrogens is 204 g/mol. The molecule has 3 heteroatoms. The first-order valence-electron chi connectivity index (χ1n) is 5.73. The van der Waals surface area contributed by atoms with Gasteiger partial charge in [-0.2, -0.15) is 0 Å². The summed E-state index contributed by atoms with van der Waals surface area (Å²) in [7, 11) is 0. The number of ketones is 1. The third-order valence-corrected chi connectivity index (χ3v) is 1.98. The molecular formula is C13H22O3. The van der Waals surface area contributed by atoms with Crippen molar-refractivity contribution < 1.29 is 14.3 Å². The van der Waals surface area contributed by atoms with Gasteiger partial charge >= 0.3 is 5.97 Å². The number of hydrogen-bond donors (Lipinski definition) is 0. The van der Waals surface area contributed by atoms with E-state index in [1.165, 1.54) is 0 Å². The largest absolute Gasteiger partial charge is 0.463 e. The van der Waals surface area contributed by atoms with Gasteiger partial charge in [-0.25, -0.2) is 0 Å². The molecule has 3 nitrogen and oxygen atoms in total. The van der Waals surface area contributed by atoms with Gasteiger partial charge in [0.2, 0.25) is 0 Å². The van der Waals surface area contributed by atoms with Crippen molar-refractivity contribution in [2.24, 2.45) is 11.8 Å². The lowest BCUT2D eigenvalue weighted by atomic mass is 10.0. The van der Waals surface area contributed by atoms with Crippen LogP contribution in [0.15, 0.2) is 12.2 Å². The Morgan fingerprint density at radius 1 is 1.06 bits per heavy atom. The van der Waals surface area contributed by atoms with Crippen LogP contribution in [0.4, 0.5) is 0 Å². The Morgan fingerprint density at radius 2 is 1.62 bits per heavy atom. The normalized spacial score (nSPS) is 13.4. The molecule has 1 atom stereocenters. The topological polar surface area (TPSA) is 43.4 Å². The van der Waals surface area contributed by atoms with Gasteiger partial charge in [0.25, 0.3) is 0 Å². The van der Waals surface area contributed by atoms with E-state index in [0.717, 1.165) is 0 Å². The van der Waals surface area contributed by atoms with Gasteiger partial charge in [0.1, 0.15) is 6.42 Å². The molecule has 0 spiro atoms. The molecule has 0 aromatic rings. The molecule has 0 unspecified atom stereocenters. The standard InChI is InChI=1S/C13H22O3/c1-9(2)6-7-11(5)12(14)8-13(15)16-10(3)4/h6-7,9-11H,8H2,1-5H3/b7-6-/t11-/m1/s1. The van der Waals surface area contributed by atoms with E-state index in [1.54, 1.807) is 20.8 Å². The zero-order chi connectivity index (χ0) is 12.7. The van der Waals surface area contributed by atoms with E-state index < -0.39 is 5.97 Å². The quantitative estimate of drug-likeness (QED) is 0.397. The second-order valence-electron chi connectivity index (χ2n) is 4.60. The number of carbonyl (C=O) groups is 2. The fourth-order valence-corrected chi connectivity index (χ4v) is 1.10. The fraction of sp³-hybridized carbons (Fsp3) is 0.692. The molecule has 16 heavy (non-hydrogen) atoms. The van der Waals surface area contributed by atoms with Crippen molar-refractivity contribution >= 4 is 11.8 Å². The first-order valence-corrected chi connectivity index (χ1v) is 5.73. The molecule has 0 radical (unpaired) electrons. The molecule has 0 bridgehead atoms. The fourth-order valence-electron chi connectivity index (χ4n) is 1.10. The summed E-state index contributed by atoms with van der Waals surface area (Å²) >= 11 is 0. The van der Waals surface area contributed by atoms with Crippen LogP contribution in [0.2, 0.25) is 0 Å². The van der Waals surface area contributed by atoms with Crippen molar-refractivity contribution in [1.82, 2.24) is 0 Å². The zero-order valence-corrected chi connectivity index (χ0v) is 10.8. The van der Waals surface area contributed by atoms with Gasteiger partial charge in [-0.05, 0) is 19.8 Å². The van der Waals surface area contributed by atoms with Gasteiger partial charge in [0.05, 0.1) is 6.10 Å². The minimum atomic E-state index is -0.440. The lowest BCUT2D eigenvalue weighted by molar-refractivity contribution is -0.149. The van der Waals surface area contributed by atoms with Gasteiger partial charge in [-0.15, -0.1) is 0 Å².